The average Bonchev–Trinajstić information content (AvgIpc) is 2.02. The second-order valence-electron chi connectivity index (χ2n) is 2.67. The number of hydrogen-bond donors (Lipinski definition) is 0. The molecule has 76 valence electrons. The summed E-state index contributed by atoms with van der Waals surface area (Å²) in [7, 11) is 0. The molecule has 0 spiro atoms. The lowest BCUT2D eigenvalue weighted by atomic mass is 10.0. The molecule has 1 atom stereocenters. The third kappa shape index (κ3) is 1.73. The molecule has 0 fully saturated rings. The summed E-state index contributed by atoms with van der Waals surface area (Å²) in [5.41, 5.74) is -0.951. The zero-order valence-corrected chi connectivity index (χ0v) is 6.65. The largest absolute Gasteiger partial charge is 0.391 e. The maximum Gasteiger partial charge on any atom is 0.391 e. The molecule has 0 heterocycles. The van der Waals surface area contributed by atoms with Crippen LogP contribution in [0.3, 0.4) is 0 Å². The van der Waals surface area contributed by atoms with Gasteiger partial charge in [0.05, 0.1) is 9.85 Å². The van der Waals surface area contributed by atoms with Crippen molar-refractivity contribution in [3.63, 3.8) is 0 Å². The van der Waals surface area contributed by atoms with Crippen molar-refractivity contribution in [2.24, 2.45) is 0 Å². The summed E-state index contributed by atoms with van der Waals surface area (Å²) in [6, 6.07) is 0. The van der Waals surface area contributed by atoms with Gasteiger partial charge >= 0.3 is 5.79 Å². The van der Waals surface area contributed by atoms with E-state index in [0.29, 0.717) is 6.08 Å². The normalized spacial score (nSPS) is 26.4. The molecule has 0 bridgehead atoms. The summed E-state index contributed by atoms with van der Waals surface area (Å²) in [5.74, 6) is -4.44. The average molecular weight is 206 g/mol. The molecule has 0 aromatic heterocycles. The highest BCUT2D eigenvalue weighted by atomic mass is 19.2. The maximum absolute atomic E-state index is 13.2. The highest BCUT2D eigenvalue weighted by Gasteiger charge is 2.47. The molecule has 0 aromatic carbocycles. The molecule has 1 aliphatic rings. The van der Waals surface area contributed by atoms with E-state index in [1.165, 1.54) is 0 Å². The van der Waals surface area contributed by atoms with Gasteiger partial charge in [-0.3, -0.25) is 20.2 Å². The highest BCUT2D eigenvalue weighted by molar-refractivity contribution is 5.24. The molecule has 1 rings (SSSR count). The van der Waals surface area contributed by atoms with Gasteiger partial charge in [-0.05, 0) is 0 Å². The van der Waals surface area contributed by atoms with Gasteiger partial charge in [0.25, 0.3) is 5.70 Å². The van der Waals surface area contributed by atoms with Crippen LogP contribution in [0.25, 0.3) is 0 Å². The standard InChI is InChI=1S/C6H4F2N2O4/c7-4-1-5(9(11)12)3-6(8,2-4)10(13)14/h1,3H,2H2. The van der Waals surface area contributed by atoms with Crippen LogP contribution in [0.15, 0.2) is 23.7 Å². The van der Waals surface area contributed by atoms with Crippen LogP contribution in [0.2, 0.25) is 0 Å². The molecular weight excluding hydrogens is 202 g/mol. The molecule has 14 heavy (non-hydrogen) atoms. The molecule has 0 aromatic rings. The molecule has 0 amide bonds. The number of hydrogen-bond acceptors (Lipinski definition) is 4. The number of nitro groups is 2. The fourth-order valence-corrected chi connectivity index (χ4v) is 0.990. The molecule has 1 aliphatic carbocycles. The number of nitrogens with zero attached hydrogens (tertiary/aromatic N) is 2. The van der Waals surface area contributed by atoms with Crippen molar-refractivity contribution in [1.82, 2.24) is 0 Å². The molecule has 0 saturated heterocycles. The lowest BCUT2D eigenvalue weighted by Crippen LogP contribution is -2.33. The van der Waals surface area contributed by atoms with Crippen LogP contribution < -0.4 is 0 Å². The van der Waals surface area contributed by atoms with Gasteiger partial charge in [0.15, 0.2) is 0 Å². The second-order valence-corrected chi connectivity index (χ2v) is 2.67. The predicted molar refractivity (Wildman–Crippen MR) is 39.7 cm³/mol. The summed E-state index contributed by atoms with van der Waals surface area (Å²) in [4.78, 5) is 17.8. The van der Waals surface area contributed by atoms with E-state index >= 15 is 0 Å². The van der Waals surface area contributed by atoms with Gasteiger partial charge in [-0.25, -0.2) is 4.39 Å². The first-order valence-corrected chi connectivity index (χ1v) is 3.42. The minimum atomic E-state index is -3.22. The first-order valence-electron chi connectivity index (χ1n) is 3.42. The van der Waals surface area contributed by atoms with E-state index in [-0.39, 0.29) is 6.08 Å². The van der Waals surface area contributed by atoms with Gasteiger partial charge in [0.2, 0.25) is 0 Å². The quantitative estimate of drug-likeness (QED) is 0.387. The van der Waals surface area contributed by atoms with Gasteiger partial charge in [-0.1, -0.05) is 0 Å². The Bertz CT molecular complexity index is 365. The summed E-state index contributed by atoms with van der Waals surface area (Å²) in [6.07, 6.45) is -0.464. The van der Waals surface area contributed by atoms with Gasteiger partial charge < -0.3 is 0 Å². The van der Waals surface area contributed by atoms with Crippen molar-refractivity contribution in [2.45, 2.75) is 12.2 Å². The van der Waals surface area contributed by atoms with E-state index in [0.717, 1.165) is 0 Å². The van der Waals surface area contributed by atoms with Gasteiger partial charge in [0.1, 0.15) is 18.3 Å². The van der Waals surface area contributed by atoms with E-state index in [1.807, 2.05) is 0 Å². The van der Waals surface area contributed by atoms with E-state index in [2.05, 4.69) is 0 Å². The molecule has 6 nitrogen and oxygen atoms in total. The fourth-order valence-electron chi connectivity index (χ4n) is 0.990. The Morgan fingerprint density at radius 2 is 2.00 bits per heavy atom. The van der Waals surface area contributed by atoms with E-state index in [1.54, 1.807) is 0 Å². The van der Waals surface area contributed by atoms with Crippen LogP contribution in [0.5, 0.6) is 0 Å². The summed E-state index contributed by atoms with van der Waals surface area (Å²) < 4.78 is 25.8. The molecule has 1 unspecified atom stereocenters. The first-order chi connectivity index (χ1) is 6.35. The molecule has 8 heteroatoms. The fraction of sp³-hybridized carbons (Fsp3) is 0.333. The zero-order chi connectivity index (χ0) is 10.9. The smallest absolute Gasteiger partial charge is 0.261 e. The van der Waals surface area contributed by atoms with Crippen molar-refractivity contribution in [3.05, 3.63) is 43.9 Å². The lowest BCUT2D eigenvalue weighted by Gasteiger charge is -2.13. The molecule has 0 saturated carbocycles. The Morgan fingerprint density at radius 3 is 2.43 bits per heavy atom. The number of rotatable bonds is 2. The molecule has 0 N–H and O–H groups in total. The monoisotopic (exact) mass is 206 g/mol. The highest BCUT2D eigenvalue weighted by Crippen LogP contribution is 2.31. The van der Waals surface area contributed by atoms with E-state index in [4.69, 9.17) is 0 Å². The summed E-state index contributed by atoms with van der Waals surface area (Å²) in [5, 5.41) is 20.3. The lowest BCUT2D eigenvalue weighted by molar-refractivity contribution is -0.591. The third-order valence-corrected chi connectivity index (χ3v) is 1.60. The number of alkyl halides is 1. The second kappa shape index (κ2) is 3.13. The number of allylic oxidation sites excluding steroid dienone is 1. The minimum absolute atomic E-state index is 0.191. The Morgan fingerprint density at radius 1 is 1.43 bits per heavy atom. The van der Waals surface area contributed by atoms with Crippen LogP contribution in [0.1, 0.15) is 6.42 Å². The van der Waals surface area contributed by atoms with Crippen molar-refractivity contribution >= 4 is 0 Å². The predicted octanol–water partition coefficient (Wildman–Crippen LogP) is 1.35. The Balaban J connectivity index is 3.14. The van der Waals surface area contributed by atoms with Crippen LogP contribution in [0, 0.1) is 20.2 Å². The van der Waals surface area contributed by atoms with E-state index < -0.39 is 33.6 Å². The van der Waals surface area contributed by atoms with Crippen molar-refractivity contribution in [3.8, 4) is 0 Å². The zero-order valence-electron chi connectivity index (χ0n) is 6.65. The molecule has 0 aliphatic heterocycles. The van der Waals surface area contributed by atoms with Crippen LogP contribution in [-0.2, 0) is 0 Å². The topological polar surface area (TPSA) is 86.3 Å². The van der Waals surface area contributed by atoms with Crippen LogP contribution >= 0.6 is 0 Å². The SMILES string of the molecule is O=[N+]([O-])C1=CC(F)([N+](=O)[O-])CC(F)=C1. The maximum atomic E-state index is 13.2. The minimum Gasteiger partial charge on any atom is -0.261 e. The Labute approximate surface area is 75.8 Å². The Kier molecular flexibility index (Phi) is 2.28. The van der Waals surface area contributed by atoms with Crippen LogP contribution in [-0.4, -0.2) is 15.6 Å². The van der Waals surface area contributed by atoms with E-state index in [9.17, 15) is 29.0 Å². The first kappa shape index (κ1) is 10.2. The van der Waals surface area contributed by atoms with Crippen LogP contribution in [0.4, 0.5) is 8.78 Å². The number of halogens is 2. The third-order valence-electron chi connectivity index (χ3n) is 1.60. The summed E-state index contributed by atoms with van der Waals surface area (Å²) in [6.45, 7) is 0. The van der Waals surface area contributed by atoms with Crippen molar-refractivity contribution in [1.29, 1.82) is 0 Å². The summed E-state index contributed by atoms with van der Waals surface area (Å²) >= 11 is 0. The van der Waals surface area contributed by atoms with Crippen molar-refractivity contribution < 1.29 is 18.6 Å². The Hall–Kier alpha value is -1.86. The van der Waals surface area contributed by atoms with Gasteiger partial charge in [-0.2, -0.15) is 4.39 Å². The molecule has 0 radical (unpaired) electrons. The molecular formula is C6H4F2N2O4. The van der Waals surface area contributed by atoms with Gasteiger partial charge in [-0.15, -0.1) is 0 Å². The van der Waals surface area contributed by atoms with Crippen molar-refractivity contribution in [2.75, 3.05) is 0 Å². The van der Waals surface area contributed by atoms with Gasteiger partial charge in [0, 0.05) is 6.08 Å².